The summed E-state index contributed by atoms with van der Waals surface area (Å²) in [6, 6.07) is 3.44. The number of carbonyl (C=O) groups is 1. The summed E-state index contributed by atoms with van der Waals surface area (Å²) in [6.07, 6.45) is 2.89. The van der Waals surface area contributed by atoms with E-state index < -0.39 is 0 Å². The molecular weight excluding hydrogens is 190 g/mol. The van der Waals surface area contributed by atoms with Gasteiger partial charge in [0.1, 0.15) is 11.9 Å². The van der Waals surface area contributed by atoms with Crippen molar-refractivity contribution in [3.63, 3.8) is 0 Å². The Labute approximate surface area is 80.2 Å². The van der Waals surface area contributed by atoms with Crippen LogP contribution >= 0.6 is 11.6 Å². The number of amides is 1. The van der Waals surface area contributed by atoms with Crippen LogP contribution in [0.5, 0.6) is 0 Å². The minimum absolute atomic E-state index is 0.139. The Balaban J connectivity index is 2.89. The maximum absolute atomic E-state index is 10.9. The zero-order chi connectivity index (χ0) is 9.68. The van der Waals surface area contributed by atoms with Crippen LogP contribution in [-0.4, -0.2) is 16.8 Å². The van der Waals surface area contributed by atoms with Crippen LogP contribution in [0.3, 0.4) is 0 Å². The van der Waals surface area contributed by atoms with Crippen molar-refractivity contribution in [1.82, 2.24) is 4.98 Å². The van der Waals surface area contributed by atoms with Crippen LogP contribution in [0.25, 0.3) is 0 Å². The highest BCUT2D eigenvalue weighted by Crippen LogP contribution is 2.11. The number of hydrogen-bond acceptors (Lipinski definition) is 3. The highest BCUT2D eigenvalue weighted by atomic mass is 35.5. The molecule has 0 aliphatic rings. The van der Waals surface area contributed by atoms with Crippen molar-refractivity contribution in [2.24, 2.45) is 0 Å². The standard InChI is InChI=1S/C8H6ClN3O/c9-3-8(13)12-7-5-11-2-1-6(7)4-10/h1-2,5H,3H2,(H,12,13). The van der Waals surface area contributed by atoms with Gasteiger partial charge in [-0.1, -0.05) is 0 Å². The maximum Gasteiger partial charge on any atom is 0.239 e. The number of aromatic nitrogens is 1. The number of nitrogens with zero attached hydrogens (tertiary/aromatic N) is 2. The van der Waals surface area contributed by atoms with Gasteiger partial charge < -0.3 is 5.32 Å². The number of nitrogens with one attached hydrogen (secondary N) is 1. The summed E-state index contributed by atoms with van der Waals surface area (Å²) in [6.45, 7) is 0. The fourth-order valence-corrected chi connectivity index (χ4v) is 0.842. The highest BCUT2D eigenvalue weighted by Gasteiger charge is 2.04. The van der Waals surface area contributed by atoms with E-state index in [0.717, 1.165) is 0 Å². The number of nitriles is 1. The molecule has 0 atom stereocenters. The van der Waals surface area contributed by atoms with E-state index in [0.29, 0.717) is 11.3 Å². The number of pyridine rings is 1. The Morgan fingerprint density at radius 2 is 2.54 bits per heavy atom. The van der Waals surface area contributed by atoms with Gasteiger partial charge in [0.05, 0.1) is 17.4 Å². The maximum atomic E-state index is 10.9. The van der Waals surface area contributed by atoms with Gasteiger partial charge in [-0.3, -0.25) is 9.78 Å². The average Bonchev–Trinajstić information content (AvgIpc) is 2.18. The summed E-state index contributed by atoms with van der Waals surface area (Å²) in [5.41, 5.74) is 0.754. The van der Waals surface area contributed by atoms with Crippen molar-refractivity contribution in [1.29, 1.82) is 5.26 Å². The Bertz CT molecular complexity index is 359. The molecule has 0 fully saturated rings. The second-order valence-electron chi connectivity index (χ2n) is 2.21. The molecule has 1 aromatic rings. The summed E-state index contributed by atoms with van der Waals surface area (Å²) in [5.74, 6) is -0.495. The van der Waals surface area contributed by atoms with Gasteiger partial charge in [0.25, 0.3) is 0 Å². The van der Waals surface area contributed by atoms with E-state index >= 15 is 0 Å². The molecule has 4 nitrogen and oxygen atoms in total. The molecule has 1 aromatic heterocycles. The average molecular weight is 196 g/mol. The zero-order valence-corrected chi connectivity index (χ0v) is 7.38. The van der Waals surface area contributed by atoms with Gasteiger partial charge in [0.2, 0.25) is 5.91 Å². The monoisotopic (exact) mass is 195 g/mol. The lowest BCUT2D eigenvalue weighted by atomic mass is 10.2. The number of alkyl halides is 1. The second-order valence-corrected chi connectivity index (χ2v) is 2.48. The Hall–Kier alpha value is -1.60. The topological polar surface area (TPSA) is 65.8 Å². The first-order valence-electron chi connectivity index (χ1n) is 3.48. The molecule has 0 spiro atoms. The summed E-state index contributed by atoms with van der Waals surface area (Å²) in [4.78, 5) is 14.6. The highest BCUT2D eigenvalue weighted by molar-refractivity contribution is 6.29. The molecule has 13 heavy (non-hydrogen) atoms. The Morgan fingerprint density at radius 1 is 1.77 bits per heavy atom. The molecule has 0 unspecified atom stereocenters. The van der Waals surface area contributed by atoms with Crippen molar-refractivity contribution < 1.29 is 4.79 Å². The van der Waals surface area contributed by atoms with E-state index in [1.165, 1.54) is 18.5 Å². The van der Waals surface area contributed by atoms with Crippen molar-refractivity contribution in [3.05, 3.63) is 24.0 Å². The third-order valence-electron chi connectivity index (χ3n) is 1.34. The molecule has 66 valence electrons. The van der Waals surface area contributed by atoms with Crippen LogP contribution < -0.4 is 5.32 Å². The fraction of sp³-hybridized carbons (Fsp3) is 0.125. The number of halogens is 1. The third kappa shape index (κ3) is 2.42. The summed E-state index contributed by atoms with van der Waals surface area (Å²) in [7, 11) is 0. The minimum Gasteiger partial charge on any atom is -0.323 e. The summed E-state index contributed by atoms with van der Waals surface area (Å²) >= 11 is 5.28. The van der Waals surface area contributed by atoms with E-state index in [1.54, 1.807) is 0 Å². The van der Waals surface area contributed by atoms with Crippen LogP contribution in [0.2, 0.25) is 0 Å². The Morgan fingerprint density at radius 3 is 3.15 bits per heavy atom. The molecule has 1 rings (SSSR count). The minimum atomic E-state index is -0.355. The predicted molar refractivity (Wildman–Crippen MR) is 48.3 cm³/mol. The van der Waals surface area contributed by atoms with Crippen LogP contribution in [0, 0.1) is 11.3 Å². The molecule has 1 heterocycles. The van der Waals surface area contributed by atoms with Crippen molar-refractivity contribution in [2.45, 2.75) is 0 Å². The molecule has 0 aliphatic carbocycles. The SMILES string of the molecule is N#Cc1ccncc1NC(=O)CCl. The van der Waals surface area contributed by atoms with Gasteiger partial charge in [-0.15, -0.1) is 11.6 Å². The van der Waals surface area contributed by atoms with Crippen molar-refractivity contribution >= 4 is 23.2 Å². The first kappa shape index (κ1) is 9.49. The molecule has 0 saturated heterocycles. The molecule has 0 saturated carbocycles. The van der Waals surface area contributed by atoms with Gasteiger partial charge >= 0.3 is 0 Å². The molecular formula is C8H6ClN3O. The normalized spacial score (nSPS) is 8.92. The van der Waals surface area contributed by atoms with E-state index in [2.05, 4.69) is 10.3 Å². The van der Waals surface area contributed by atoms with E-state index in [-0.39, 0.29) is 11.8 Å². The van der Waals surface area contributed by atoms with Crippen LogP contribution in [0.15, 0.2) is 18.5 Å². The quantitative estimate of drug-likeness (QED) is 0.720. The third-order valence-corrected chi connectivity index (χ3v) is 1.58. The van der Waals surface area contributed by atoms with Crippen molar-refractivity contribution in [3.8, 4) is 6.07 Å². The zero-order valence-electron chi connectivity index (χ0n) is 6.62. The molecule has 0 aromatic carbocycles. The molecule has 0 bridgehead atoms. The van der Waals surface area contributed by atoms with Gasteiger partial charge in [-0.05, 0) is 6.07 Å². The molecule has 1 amide bonds. The number of hydrogen-bond donors (Lipinski definition) is 1. The van der Waals surface area contributed by atoms with Crippen LogP contribution in [-0.2, 0) is 4.79 Å². The molecule has 5 heteroatoms. The lowest BCUT2D eigenvalue weighted by Gasteiger charge is -2.02. The smallest absolute Gasteiger partial charge is 0.239 e. The van der Waals surface area contributed by atoms with E-state index in [4.69, 9.17) is 16.9 Å². The second kappa shape index (κ2) is 4.43. The lowest BCUT2D eigenvalue weighted by molar-refractivity contribution is -0.113. The number of rotatable bonds is 2. The number of anilines is 1. The number of carbonyl (C=O) groups excluding carboxylic acids is 1. The molecule has 0 radical (unpaired) electrons. The van der Waals surface area contributed by atoms with Gasteiger partial charge in [-0.2, -0.15) is 5.26 Å². The van der Waals surface area contributed by atoms with Crippen molar-refractivity contribution in [2.75, 3.05) is 11.2 Å². The van der Waals surface area contributed by atoms with Crippen LogP contribution in [0.4, 0.5) is 5.69 Å². The van der Waals surface area contributed by atoms with Gasteiger partial charge in [0.15, 0.2) is 0 Å². The first-order valence-corrected chi connectivity index (χ1v) is 4.01. The van der Waals surface area contributed by atoms with Gasteiger partial charge in [-0.25, -0.2) is 0 Å². The molecule has 0 aliphatic heterocycles. The van der Waals surface area contributed by atoms with Gasteiger partial charge in [0, 0.05) is 6.20 Å². The lowest BCUT2D eigenvalue weighted by Crippen LogP contribution is -2.13. The predicted octanol–water partition coefficient (Wildman–Crippen LogP) is 1.13. The Kier molecular flexibility index (Phi) is 3.23. The van der Waals surface area contributed by atoms with Crippen LogP contribution in [0.1, 0.15) is 5.56 Å². The van der Waals surface area contributed by atoms with E-state index in [1.807, 2.05) is 6.07 Å². The summed E-state index contributed by atoms with van der Waals surface area (Å²) in [5, 5.41) is 11.1. The van der Waals surface area contributed by atoms with E-state index in [9.17, 15) is 4.79 Å². The largest absolute Gasteiger partial charge is 0.323 e. The fourth-order valence-electron chi connectivity index (χ4n) is 0.775. The first-order chi connectivity index (χ1) is 6.27. The summed E-state index contributed by atoms with van der Waals surface area (Å²) < 4.78 is 0. The molecule has 1 N–H and O–H groups in total.